The predicted molar refractivity (Wildman–Crippen MR) is 88.9 cm³/mol. The quantitative estimate of drug-likeness (QED) is 0.709. The summed E-state index contributed by atoms with van der Waals surface area (Å²) in [6.45, 7) is 5.37. The summed E-state index contributed by atoms with van der Waals surface area (Å²) in [4.78, 5) is 17.8. The van der Waals surface area contributed by atoms with Crippen molar-refractivity contribution in [2.24, 2.45) is 5.73 Å². The second-order valence-electron chi connectivity index (χ2n) is 4.73. The van der Waals surface area contributed by atoms with Gasteiger partial charge in [-0.15, -0.1) is 11.3 Å². The third-order valence-electron chi connectivity index (χ3n) is 3.17. The van der Waals surface area contributed by atoms with Crippen molar-refractivity contribution in [2.45, 2.75) is 26.3 Å². The minimum Gasteiger partial charge on any atom is -0.393 e. The van der Waals surface area contributed by atoms with Crippen molar-refractivity contribution in [1.29, 1.82) is 0 Å². The fourth-order valence-electron chi connectivity index (χ4n) is 1.82. The van der Waals surface area contributed by atoms with Crippen molar-refractivity contribution >= 4 is 34.5 Å². The van der Waals surface area contributed by atoms with E-state index in [4.69, 9.17) is 18.0 Å². The molecule has 0 aromatic carbocycles. The summed E-state index contributed by atoms with van der Waals surface area (Å²) in [6, 6.07) is 4.19. The van der Waals surface area contributed by atoms with Crippen LogP contribution in [0, 0.1) is 0 Å². The van der Waals surface area contributed by atoms with Gasteiger partial charge in [0.2, 0.25) is 5.91 Å². The summed E-state index contributed by atoms with van der Waals surface area (Å²) >= 11 is 6.58. The van der Waals surface area contributed by atoms with Crippen LogP contribution in [0.2, 0.25) is 0 Å². The molecule has 2 N–H and O–H groups in total. The molecule has 1 aromatic rings. The van der Waals surface area contributed by atoms with E-state index >= 15 is 0 Å². The summed E-state index contributed by atoms with van der Waals surface area (Å²) in [5.41, 5.74) is 5.45. The molecule has 0 unspecified atom stereocenters. The standard InChI is InChI=1S/C14H23N3OS2/c1-3-17(11-12-5-4-10-20-12)9-7-14(18)16(2)8-6-13(15)19/h4-5,10H,3,6-9,11H2,1-2H3,(H2,15,19). The number of hydrogen-bond acceptors (Lipinski definition) is 4. The predicted octanol–water partition coefficient (Wildman–Crippen LogP) is 2.09. The number of nitrogens with two attached hydrogens (primary N) is 1. The van der Waals surface area contributed by atoms with Gasteiger partial charge in [-0.25, -0.2) is 0 Å². The zero-order chi connectivity index (χ0) is 15.0. The van der Waals surface area contributed by atoms with E-state index in [1.54, 1.807) is 23.3 Å². The lowest BCUT2D eigenvalue weighted by molar-refractivity contribution is -0.130. The van der Waals surface area contributed by atoms with Gasteiger partial charge in [0.05, 0.1) is 4.99 Å². The van der Waals surface area contributed by atoms with E-state index in [1.165, 1.54) is 4.88 Å². The highest BCUT2D eigenvalue weighted by Crippen LogP contribution is 2.12. The van der Waals surface area contributed by atoms with Crippen molar-refractivity contribution < 1.29 is 4.79 Å². The SMILES string of the molecule is CCN(CCC(=O)N(C)CCC(N)=S)Cc1cccs1. The normalized spacial score (nSPS) is 10.8. The van der Waals surface area contributed by atoms with E-state index in [2.05, 4.69) is 29.3 Å². The summed E-state index contributed by atoms with van der Waals surface area (Å²) in [6.07, 6.45) is 1.12. The van der Waals surface area contributed by atoms with Gasteiger partial charge in [0, 0.05) is 44.4 Å². The fraction of sp³-hybridized carbons (Fsp3) is 0.571. The van der Waals surface area contributed by atoms with Gasteiger partial charge in [-0.2, -0.15) is 0 Å². The first kappa shape index (κ1) is 17.1. The Morgan fingerprint density at radius 2 is 2.15 bits per heavy atom. The number of hydrogen-bond donors (Lipinski definition) is 1. The molecule has 0 aliphatic rings. The number of rotatable bonds is 9. The summed E-state index contributed by atoms with van der Waals surface area (Å²) in [5.74, 6) is 0.144. The summed E-state index contributed by atoms with van der Waals surface area (Å²) in [7, 11) is 1.80. The maximum atomic E-state index is 12.0. The van der Waals surface area contributed by atoms with Crippen LogP contribution in [0.15, 0.2) is 17.5 Å². The molecule has 0 atom stereocenters. The van der Waals surface area contributed by atoms with Crippen LogP contribution in [0.1, 0.15) is 24.6 Å². The van der Waals surface area contributed by atoms with Gasteiger partial charge in [-0.05, 0) is 18.0 Å². The Labute approximate surface area is 130 Å². The Balaban J connectivity index is 2.32. The molecule has 1 heterocycles. The number of thiocarbonyl (C=S) groups is 1. The molecule has 4 nitrogen and oxygen atoms in total. The second kappa shape index (κ2) is 9.05. The van der Waals surface area contributed by atoms with E-state index in [0.717, 1.165) is 19.6 Å². The molecule has 0 aliphatic heterocycles. The maximum absolute atomic E-state index is 12.0. The summed E-state index contributed by atoms with van der Waals surface area (Å²) in [5, 5.41) is 2.08. The van der Waals surface area contributed by atoms with Crippen LogP contribution in [0.25, 0.3) is 0 Å². The number of carbonyl (C=O) groups is 1. The van der Waals surface area contributed by atoms with Gasteiger partial charge in [-0.3, -0.25) is 9.69 Å². The molecule has 0 aliphatic carbocycles. The van der Waals surface area contributed by atoms with Crippen molar-refractivity contribution in [3.63, 3.8) is 0 Å². The molecular weight excluding hydrogens is 290 g/mol. The molecule has 0 fully saturated rings. The highest BCUT2D eigenvalue weighted by molar-refractivity contribution is 7.80. The summed E-state index contributed by atoms with van der Waals surface area (Å²) < 4.78 is 0. The Bertz CT molecular complexity index is 420. The molecule has 1 amide bonds. The Hall–Kier alpha value is -0.980. The van der Waals surface area contributed by atoms with Gasteiger partial charge in [0.15, 0.2) is 0 Å². The third kappa shape index (κ3) is 6.45. The average Bonchev–Trinajstić information content (AvgIpc) is 2.93. The van der Waals surface area contributed by atoms with Crippen molar-refractivity contribution in [1.82, 2.24) is 9.80 Å². The van der Waals surface area contributed by atoms with Gasteiger partial charge < -0.3 is 10.6 Å². The second-order valence-corrected chi connectivity index (χ2v) is 6.29. The first-order valence-electron chi connectivity index (χ1n) is 6.80. The lowest BCUT2D eigenvalue weighted by Crippen LogP contribution is -2.33. The fourth-order valence-corrected chi connectivity index (χ4v) is 2.66. The smallest absolute Gasteiger partial charge is 0.223 e. The van der Waals surface area contributed by atoms with E-state index in [9.17, 15) is 4.79 Å². The highest BCUT2D eigenvalue weighted by atomic mass is 32.1. The zero-order valence-corrected chi connectivity index (χ0v) is 13.8. The van der Waals surface area contributed by atoms with E-state index < -0.39 is 0 Å². The zero-order valence-electron chi connectivity index (χ0n) is 12.2. The van der Waals surface area contributed by atoms with E-state index in [0.29, 0.717) is 24.4 Å². The molecule has 112 valence electrons. The number of nitrogens with zero attached hydrogens (tertiary/aromatic N) is 2. The first-order valence-corrected chi connectivity index (χ1v) is 8.08. The molecule has 0 radical (unpaired) electrons. The van der Waals surface area contributed by atoms with Crippen molar-refractivity contribution in [3.8, 4) is 0 Å². The average molecular weight is 313 g/mol. The van der Waals surface area contributed by atoms with E-state index in [1.807, 2.05) is 0 Å². The van der Waals surface area contributed by atoms with Crippen molar-refractivity contribution in [3.05, 3.63) is 22.4 Å². The first-order chi connectivity index (χ1) is 9.52. The lowest BCUT2D eigenvalue weighted by atomic mass is 10.3. The Morgan fingerprint density at radius 3 is 2.70 bits per heavy atom. The molecule has 6 heteroatoms. The van der Waals surface area contributed by atoms with Gasteiger partial charge in [0.1, 0.15) is 0 Å². The number of carbonyl (C=O) groups excluding carboxylic acids is 1. The number of amides is 1. The molecule has 0 saturated heterocycles. The monoisotopic (exact) mass is 313 g/mol. The lowest BCUT2D eigenvalue weighted by Gasteiger charge is -2.22. The van der Waals surface area contributed by atoms with Gasteiger partial charge in [-0.1, -0.05) is 25.2 Å². The van der Waals surface area contributed by atoms with Crippen molar-refractivity contribution in [2.75, 3.05) is 26.7 Å². The molecule has 0 saturated carbocycles. The highest BCUT2D eigenvalue weighted by Gasteiger charge is 2.11. The van der Waals surface area contributed by atoms with Crippen LogP contribution in [0.4, 0.5) is 0 Å². The Kier molecular flexibility index (Phi) is 7.72. The topological polar surface area (TPSA) is 49.6 Å². The third-order valence-corrected chi connectivity index (χ3v) is 4.23. The van der Waals surface area contributed by atoms with E-state index in [-0.39, 0.29) is 5.91 Å². The van der Waals surface area contributed by atoms with Gasteiger partial charge in [0.25, 0.3) is 0 Å². The maximum Gasteiger partial charge on any atom is 0.223 e. The minimum absolute atomic E-state index is 0.144. The van der Waals surface area contributed by atoms with Crippen LogP contribution >= 0.6 is 23.6 Å². The van der Waals surface area contributed by atoms with Crippen LogP contribution in [-0.2, 0) is 11.3 Å². The molecular formula is C14H23N3OS2. The molecule has 1 rings (SSSR count). The molecule has 0 spiro atoms. The van der Waals surface area contributed by atoms with Crippen LogP contribution in [-0.4, -0.2) is 47.4 Å². The van der Waals surface area contributed by atoms with Gasteiger partial charge >= 0.3 is 0 Å². The Morgan fingerprint density at radius 1 is 1.40 bits per heavy atom. The molecule has 0 bridgehead atoms. The number of thiophene rings is 1. The minimum atomic E-state index is 0.144. The molecule has 1 aromatic heterocycles. The van der Waals surface area contributed by atoms with Crippen LogP contribution in [0.3, 0.4) is 0 Å². The van der Waals surface area contributed by atoms with Crippen LogP contribution in [0.5, 0.6) is 0 Å². The van der Waals surface area contributed by atoms with Crippen LogP contribution < -0.4 is 5.73 Å². The molecule has 20 heavy (non-hydrogen) atoms. The largest absolute Gasteiger partial charge is 0.393 e.